The van der Waals surface area contributed by atoms with Crippen LogP contribution in [0.15, 0.2) is 12.4 Å². The normalized spacial score (nSPS) is 24.3. The summed E-state index contributed by atoms with van der Waals surface area (Å²) in [5.41, 5.74) is 0.486. The van der Waals surface area contributed by atoms with Gasteiger partial charge in [0.1, 0.15) is 5.82 Å². The quantitative estimate of drug-likeness (QED) is 0.698. The highest BCUT2D eigenvalue weighted by Gasteiger charge is 2.44. The number of hydrogen-bond donors (Lipinski definition) is 0. The third-order valence-electron chi connectivity index (χ3n) is 6.46. The average Bonchev–Trinajstić information content (AvgIpc) is 3.45. The van der Waals surface area contributed by atoms with Gasteiger partial charge in [-0.05, 0) is 51.6 Å². The van der Waals surface area contributed by atoms with Crippen LogP contribution in [-0.4, -0.2) is 85.3 Å². The smallest absolute Gasteiger partial charge is 0.232 e. The Hall–Kier alpha value is -1.45. The molecule has 0 atom stereocenters. The van der Waals surface area contributed by atoms with Crippen molar-refractivity contribution in [2.75, 3.05) is 57.0 Å². The second-order valence-electron chi connectivity index (χ2n) is 8.60. The van der Waals surface area contributed by atoms with Crippen LogP contribution in [0.1, 0.15) is 32.6 Å². The predicted molar refractivity (Wildman–Crippen MR) is 108 cm³/mol. The highest BCUT2D eigenvalue weighted by molar-refractivity contribution is 7.88. The van der Waals surface area contributed by atoms with E-state index in [0.29, 0.717) is 50.1 Å². The molecule has 8 nitrogen and oxygen atoms in total. The van der Waals surface area contributed by atoms with Gasteiger partial charge in [0.2, 0.25) is 15.9 Å². The number of piperidine rings is 1. The van der Waals surface area contributed by atoms with Crippen molar-refractivity contribution in [1.82, 2.24) is 19.2 Å². The van der Waals surface area contributed by atoms with Gasteiger partial charge in [0.05, 0.1) is 25.3 Å². The second kappa shape index (κ2) is 7.76. The van der Waals surface area contributed by atoms with Gasteiger partial charge in [0.25, 0.3) is 0 Å². The zero-order valence-corrected chi connectivity index (χ0v) is 17.7. The van der Waals surface area contributed by atoms with Crippen molar-refractivity contribution in [3.63, 3.8) is 0 Å². The summed E-state index contributed by atoms with van der Waals surface area (Å²) in [5.74, 6) is 1.92. The van der Waals surface area contributed by atoms with Crippen LogP contribution < -0.4 is 9.64 Å². The fraction of sp³-hybridized carbons (Fsp3) is 0.789. The first-order valence-corrected chi connectivity index (χ1v) is 12.1. The molecule has 0 amide bonds. The van der Waals surface area contributed by atoms with E-state index in [4.69, 9.17) is 4.74 Å². The lowest BCUT2D eigenvalue weighted by atomic mass is 9.96. The Bertz CT molecular complexity index is 765. The van der Waals surface area contributed by atoms with Crippen molar-refractivity contribution >= 4 is 15.8 Å². The molecule has 0 radical (unpaired) electrons. The van der Waals surface area contributed by atoms with Crippen LogP contribution in [0.3, 0.4) is 0 Å². The van der Waals surface area contributed by atoms with Gasteiger partial charge in [-0.2, -0.15) is 4.31 Å². The fourth-order valence-electron chi connectivity index (χ4n) is 4.14. The molecule has 1 aromatic rings. The van der Waals surface area contributed by atoms with Gasteiger partial charge in [-0.25, -0.2) is 18.4 Å². The first-order valence-electron chi connectivity index (χ1n) is 10.2. The number of piperazine rings is 1. The minimum atomic E-state index is -3.12. The van der Waals surface area contributed by atoms with Crippen LogP contribution >= 0.6 is 0 Å². The third kappa shape index (κ3) is 4.58. The largest absolute Gasteiger partial charge is 0.476 e. The molecule has 3 heterocycles. The van der Waals surface area contributed by atoms with E-state index >= 15 is 0 Å². The van der Waals surface area contributed by atoms with E-state index in [9.17, 15) is 8.42 Å². The molecule has 3 aliphatic rings. The summed E-state index contributed by atoms with van der Waals surface area (Å²) in [6, 6.07) is 0. The molecule has 2 saturated heterocycles. The van der Waals surface area contributed by atoms with Crippen LogP contribution in [-0.2, 0) is 10.0 Å². The van der Waals surface area contributed by atoms with Crippen molar-refractivity contribution in [2.45, 2.75) is 38.1 Å². The third-order valence-corrected chi connectivity index (χ3v) is 7.77. The lowest BCUT2D eigenvalue weighted by Gasteiger charge is -2.36. The lowest BCUT2D eigenvalue weighted by molar-refractivity contribution is 0.101. The number of rotatable bonds is 6. The summed E-state index contributed by atoms with van der Waals surface area (Å²) in [7, 11) is -3.12. The Labute approximate surface area is 167 Å². The molecule has 0 bridgehead atoms. The van der Waals surface area contributed by atoms with Crippen LogP contribution in [0.2, 0.25) is 0 Å². The monoisotopic (exact) mass is 409 g/mol. The van der Waals surface area contributed by atoms with Crippen molar-refractivity contribution in [3.8, 4) is 5.88 Å². The summed E-state index contributed by atoms with van der Waals surface area (Å²) in [5, 5.41) is 0. The molecule has 2 aliphatic heterocycles. The van der Waals surface area contributed by atoms with Crippen molar-refractivity contribution in [2.24, 2.45) is 5.92 Å². The van der Waals surface area contributed by atoms with Crippen molar-refractivity contribution in [1.29, 1.82) is 0 Å². The number of hydrogen-bond acceptors (Lipinski definition) is 7. The lowest BCUT2D eigenvalue weighted by Crippen LogP contribution is -2.48. The maximum Gasteiger partial charge on any atom is 0.232 e. The summed E-state index contributed by atoms with van der Waals surface area (Å²) in [6.45, 7) is 7.64. The maximum atomic E-state index is 11.6. The number of anilines is 1. The van der Waals surface area contributed by atoms with Crippen LogP contribution in [0.5, 0.6) is 5.88 Å². The van der Waals surface area contributed by atoms with Gasteiger partial charge >= 0.3 is 0 Å². The van der Waals surface area contributed by atoms with Gasteiger partial charge in [-0.1, -0.05) is 0 Å². The molecule has 0 aromatic carbocycles. The van der Waals surface area contributed by atoms with E-state index in [1.165, 1.54) is 49.3 Å². The number of aromatic nitrogens is 2. The van der Waals surface area contributed by atoms with Crippen molar-refractivity contribution in [3.05, 3.63) is 12.4 Å². The molecule has 3 fully saturated rings. The van der Waals surface area contributed by atoms with E-state index < -0.39 is 10.0 Å². The fourth-order valence-corrected chi connectivity index (χ4v) is 4.96. The zero-order valence-electron chi connectivity index (χ0n) is 16.9. The first-order chi connectivity index (χ1) is 13.3. The maximum absolute atomic E-state index is 11.6. The topological polar surface area (TPSA) is 78.9 Å². The summed E-state index contributed by atoms with van der Waals surface area (Å²) >= 11 is 0. The Morgan fingerprint density at radius 3 is 2.29 bits per heavy atom. The van der Waals surface area contributed by atoms with E-state index in [-0.39, 0.29) is 0 Å². The van der Waals surface area contributed by atoms with Crippen LogP contribution in [0, 0.1) is 5.92 Å². The second-order valence-corrected chi connectivity index (χ2v) is 10.6. The Morgan fingerprint density at radius 1 is 1.07 bits per heavy atom. The van der Waals surface area contributed by atoms with Gasteiger partial charge < -0.3 is 9.64 Å². The molecular weight excluding hydrogens is 378 g/mol. The van der Waals surface area contributed by atoms with Crippen molar-refractivity contribution < 1.29 is 13.2 Å². The minimum absolute atomic E-state index is 0.483. The minimum Gasteiger partial charge on any atom is -0.476 e. The molecule has 1 aromatic heterocycles. The van der Waals surface area contributed by atoms with Gasteiger partial charge in [-0.15, -0.1) is 0 Å². The Kier molecular flexibility index (Phi) is 5.50. The predicted octanol–water partition coefficient (Wildman–Crippen LogP) is 1.20. The highest BCUT2D eigenvalue weighted by atomic mass is 32.2. The number of likely N-dealkylation sites (tertiary alicyclic amines) is 1. The number of sulfonamides is 1. The molecule has 1 saturated carbocycles. The molecule has 0 N–H and O–H groups in total. The average molecular weight is 410 g/mol. The molecule has 4 rings (SSSR count). The molecular formula is C19H31N5O3S. The molecule has 156 valence electrons. The Balaban J connectivity index is 1.22. The standard InChI is InChI=1S/C19H31N5O3S/c1-19(5-6-19)23-7-3-16(4-8-23)15-27-18-14-20-17(13-21-18)22-9-11-24(12-10-22)28(2,25)26/h13-14,16H,3-12,15H2,1-2H3. The van der Waals surface area contributed by atoms with E-state index in [0.717, 1.165) is 5.82 Å². The van der Waals surface area contributed by atoms with Gasteiger partial charge in [0.15, 0.2) is 0 Å². The molecule has 0 unspecified atom stereocenters. The summed E-state index contributed by atoms with van der Waals surface area (Å²) < 4.78 is 30.6. The number of nitrogens with zero attached hydrogens (tertiary/aromatic N) is 5. The van der Waals surface area contributed by atoms with E-state index in [2.05, 4.69) is 26.7 Å². The highest BCUT2D eigenvalue weighted by Crippen LogP contribution is 2.42. The van der Waals surface area contributed by atoms with Gasteiger partial charge in [-0.3, -0.25) is 4.90 Å². The molecule has 9 heteroatoms. The van der Waals surface area contributed by atoms with Gasteiger partial charge in [0, 0.05) is 31.7 Å². The Morgan fingerprint density at radius 2 is 1.75 bits per heavy atom. The number of ether oxygens (including phenoxy) is 1. The molecule has 1 aliphatic carbocycles. The summed E-state index contributed by atoms with van der Waals surface area (Å²) in [4.78, 5) is 13.6. The van der Waals surface area contributed by atoms with Crippen LogP contribution in [0.25, 0.3) is 0 Å². The first kappa shape index (κ1) is 19.8. The summed E-state index contributed by atoms with van der Waals surface area (Å²) in [6.07, 6.45) is 9.72. The zero-order chi connectivity index (χ0) is 19.8. The SMILES string of the molecule is CC1(N2CCC(COc3cnc(N4CCN(S(C)(=O)=O)CC4)cn3)CC2)CC1. The van der Waals surface area contributed by atoms with Crippen LogP contribution in [0.4, 0.5) is 5.82 Å². The van der Waals surface area contributed by atoms with E-state index in [1.807, 2.05) is 0 Å². The van der Waals surface area contributed by atoms with E-state index in [1.54, 1.807) is 12.4 Å². The molecule has 0 spiro atoms. The molecule has 28 heavy (non-hydrogen) atoms.